The summed E-state index contributed by atoms with van der Waals surface area (Å²) in [5.41, 5.74) is 48.8. The third-order valence-electron chi connectivity index (χ3n) is 23.3. The number of hydrogen-bond donors (Lipinski definition) is 24. The Kier molecular flexibility index (Phi) is 57.7. The van der Waals surface area contributed by atoms with Gasteiger partial charge in [-0.05, 0) is 247 Å². The number of aromatic amines is 1. The molecule has 40 heteroatoms. The molecule has 15 atom stereocenters. The Morgan fingerprint density at radius 3 is 0.963 bits per heavy atom. The Hall–Kier alpha value is -10.8. The van der Waals surface area contributed by atoms with Crippen molar-refractivity contribution in [2.24, 2.45) is 75.5 Å². The molecule has 16 amide bonds. The summed E-state index contributed by atoms with van der Waals surface area (Å²) in [6, 6.07) is -1.56. The fourth-order valence-electron chi connectivity index (χ4n) is 15.5. The monoisotopic (exact) mass is 1900 g/mol. The number of carbonyl (C=O) groups excluding carboxylic acids is 16. The van der Waals surface area contributed by atoms with E-state index in [4.69, 9.17) is 45.9 Å². The van der Waals surface area contributed by atoms with Crippen LogP contribution in [0, 0.1) is 29.6 Å². The third-order valence-corrected chi connectivity index (χ3v) is 23.3. The van der Waals surface area contributed by atoms with E-state index in [-0.39, 0.29) is 128 Å². The normalized spacial score (nSPS) is 14.8. The smallest absolute Gasteiger partial charge is 0.243 e. The second kappa shape index (κ2) is 65.8. The SMILES string of the molecule is CC[C@H](C)[C@H](NC(=O)[C@H](CCCCN)NC(=O)[C@H](CCCCN)NC(=O)[C@H](Cc1ccccc1)NC(=O)[C@H](CC(C)C)NC(=O)[C@H](CCCCN)NC(=O)[C@H](Cc1c[nH]c2ccccc12)NC(=O)[C@H](CCCCN)NC(C)=O)C(=O)NCC(=O)N[C@@H](CCCCN)C(=O)N[C@H](C(=O)N[C@@H](CC(C)C)C(=O)N[C@@H](CCCCN)C(=O)N[C@@H](CCCCN)C(=O)N[C@@H](CC(C)C)C(N)=O)C(C)C. The van der Waals surface area contributed by atoms with Crippen LogP contribution >= 0.6 is 0 Å². The Morgan fingerprint density at radius 1 is 0.311 bits per heavy atom. The van der Waals surface area contributed by atoms with Crippen LogP contribution in [0.5, 0.6) is 0 Å². The molecule has 0 aliphatic rings. The molecule has 1 heterocycles. The minimum Gasteiger partial charge on any atom is -0.368 e. The van der Waals surface area contributed by atoms with Gasteiger partial charge in [0, 0.05) is 36.9 Å². The van der Waals surface area contributed by atoms with Gasteiger partial charge < -0.3 is 131 Å². The van der Waals surface area contributed by atoms with Gasteiger partial charge in [0.2, 0.25) is 94.5 Å². The molecule has 32 N–H and O–H groups in total. The van der Waals surface area contributed by atoms with E-state index < -0.39 is 197 Å². The molecule has 2 aromatic carbocycles. The lowest BCUT2D eigenvalue weighted by Crippen LogP contribution is -2.61. The van der Waals surface area contributed by atoms with Crippen molar-refractivity contribution in [2.45, 2.75) is 334 Å². The maximum atomic E-state index is 15.1. The van der Waals surface area contributed by atoms with E-state index in [2.05, 4.69) is 84.7 Å². The molecule has 0 bridgehead atoms. The molecule has 0 saturated heterocycles. The summed E-state index contributed by atoms with van der Waals surface area (Å²) < 4.78 is 0. The lowest BCUT2D eigenvalue weighted by atomic mass is 9.97. The number of amides is 16. The average Bonchev–Trinajstić information content (AvgIpc) is 1.67. The number of rotatable bonds is 71. The number of fused-ring (bicyclic) bond motifs is 1. The maximum absolute atomic E-state index is 15.1. The van der Waals surface area contributed by atoms with Crippen LogP contribution in [0.15, 0.2) is 60.8 Å². The number of primary amides is 1. The van der Waals surface area contributed by atoms with Crippen LogP contribution in [0.4, 0.5) is 0 Å². The maximum Gasteiger partial charge on any atom is 0.243 e. The van der Waals surface area contributed by atoms with Gasteiger partial charge in [-0.2, -0.15) is 0 Å². The highest BCUT2D eigenvalue weighted by Gasteiger charge is 2.40. The lowest BCUT2D eigenvalue weighted by Gasteiger charge is -2.29. The fourth-order valence-corrected chi connectivity index (χ4v) is 15.5. The number of hydrogen-bond acceptors (Lipinski definition) is 23. The molecule has 0 aliphatic carbocycles. The number of nitrogens with one attached hydrogen (secondary N) is 16. The minimum atomic E-state index is -1.42. The quantitative estimate of drug-likeness (QED) is 0.0333. The van der Waals surface area contributed by atoms with Crippen LogP contribution < -0.4 is 126 Å². The van der Waals surface area contributed by atoms with Crippen molar-refractivity contribution in [3.05, 3.63) is 71.9 Å². The predicted molar refractivity (Wildman–Crippen MR) is 520 cm³/mol. The van der Waals surface area contributed by atoms with Gasteiger partial charge in [0.25, 0.3) is 0 Å². The van der Waals surface area contributed by atoms with Gasteiger partial charge in [0.15, 0.2) is 0 Å². The second-order valence-electron chi connectivity index (χ2n) is 36.8. The minimum absolute atomic E-state index is 0.00150. The molecule has 3 aromatic rings. The van der Waals surface area contributed by atoms with E-state index in [0.717, 1.165) is 10.9 Å². The van der Waals surface area contributed by atoms with Crippen molar-refractivity contribution in [3.63, 3.8) is 0 Å². The number of H-pyrrole nitrogens is 1. The summed E-state index contributed by atoms with van der Waals surface area (Å²) >= 11 is 0. The average molecular weight is 1900 g/mol. The van der Waals surface area contributed by atoms with E-state index in [9.17, 15) is 67.1 Å². The number of para-hydroxylation sites is 1. The van der Waals surface area contributed by atoms with E-state index in [1.165, 1.54) is 6.92 Å². The molecule has 0 fully saturated rings. The van der Waals surface area contributed by atoms with Crippen molar-refractivity contribution in [1.82, 2.24) is 84.7 Å². The van der Waals surface area contributed by atoms with E-state index >= 15 is 9.59 Å². The van der Waals surface area contributed by atoms with Crippen LogP contribution in [-0.4, -0.2) is 236 Å². The van der Waals surface area contributed by atoms with Crippen molar-refractivity contribution < 1.29 is 76.7 Å². The van der Waals surface area contributed by atoms with Gasteiger partial charge in [0.1, 0.15) is 84.6 Å². The Labute approximate surface area is 796 Å². The molecule has 0 spiro atoms. The number of carbonyl (C=O) groups is 16. The fraction of sp³-hybridized carbons (Fsp3) is 0.684. The summed E-state index contributed by atoms with van der Waals surface area (Å²) in [5.74, 6) is -13.5. The van der Waals surface area contributed by atoms with Crippen LogP contribution in [0.2, 0.25) is 0 Å². The number of aromatic nitrogens is 1. The molecule has 40 nitrogen and oxygen atoms in total. The highest BCUT2D eigenvalue weighted by Crippen LogP contribution is 2.22. The van der Waals surface area contributed by atoms with Crippen molar-refractivity contribution in [2.75, 3.05) is 52.4 Å². The molecule has 0 radical (unpaired) electrons. The molecule has 135 heavy (non-hydrogen) atoms. The zero-order valence-corrected chi connectivity index (χ0v) is 81.6. The van der Waals surface area contributed by atoms with Crippen molar-refractivity contribution in [3.8, 4) is 0 Å². The third kappa shape index (κ3) is 45.6. The molecule has 0 unspecified atom stereocenters. The summed E-state index contributed by atoms with van der Waals surface area (Å²) in [5, 5.41) is 42.4. The van der Waals surface area contributed by atoms with Crippen LogP contribution in [-0.2, 0) is 89.6 Å². The standard InChI is InChI=1S/C95H164N24O16/c1-12-61(10)81(94(134)105-56-79(121)107-68(37-19-26-44-97)88(128)118-80(60(8)9)95(135)117-76(52-59(6)7)90(130)110-69(38-20-27-45-98)84(124)108-71(40-22-29-47-100)86(126)113-74(82(103)122)50-57(2)3)119-89(129)73(42-24-31-49-102)109-85(125)70(39-21-28-46-99)111-92(132)77(53-63-32-14-13-15-33-63)115-91(131)75(51-58(4)5)114-87(127)72(41-23-30-48-101)112-93(133)78(54-64-55-104-66-35-17-16-34-65(64)66)116-83(123)67(106-62(11)120)36-18-25-43-96/h13-17,32-35,55,57-61,67-78,80-81,104H,12,18-31,36-54,56,96-102H2,1-11H3,(H2,103,122)(H,105,134)(H,106,120)(H,107,121)(H,108,124)(H,109,125)(H,110,130)(H,111,132)(H,112,133)(H,113,126)(H,114,127)(H,115,131)(H,116,123)(H,117,135)(H,118,128)(H,119,129)/t61-,67-,68-,69-,70-,71-,72-,73-,74-,75-,76-,77-,78-,80-,81-/m0/s1. The van der Waals surface area contributed by atoms with Crippen molar-refractivity contribution >= 4 is 105 Å². The first-order valence-corrected chi connectivity index (χ1v) is 48.6. The zero-order chi connectivity index (χ0) is 101. The van der Waals surface area contributed by atoms with Gasteiger partial charge in [-0.25, -0.2) is 0 Å². The Morgan fingerprint density at radius 2 is 0.607 bits per heavy atom. The van der Waals surface area contributed by atoms with E-state index in [1.54, 1.807) is 64.2 Å². The first-order valence-electron chi connectivity index (χ1n) is 48.6. The van der Waals surface area contributed by atoms with Gasteiger partial charge in [0.05, 0.1) is 6.54 Å². The van der Waals surface area contributed by atoms with Gasteiger partial charge in [-0.1, -0.05) is 124 Å². The predicted octanol–water partition coefficient (Wildman–Crippen LogP) is 0.105. The molecule has 1 aromatic heterocycles. The number of benzene rings is 2. The zero-order valence-electron chi connectivity index (χ0n) is 81.6. The molecule has 0 saturated carbocycles. The first-order chi connectivity index (χ1) is 64.3. The highest BCUT2D eigenvalue weighted by molar-refractivity contribution is 6.01. The van der Waals surface area contributed by atoms with Crippen LogP contribution in [0.25, 0.3) is 10.9 Å². The Balaban J connectivity index is 1.95. The van der Waals surface area contributed by atoms with Gasteiger partial charge in [-0.15, -0.1) is 0 Å². The van der Waals surface area contributed by atoms with Crippen LogP contribution in [0.1, 0.15) is 248 Å². The lowest BCUT2D eigenvalue weighted by molar-refractivity contribution is -0.136. The van der Waals surface area contributed by atoms with Crippen molar-refractivity contribution in [1.29, 1.82) is 0 Å². The molecule has 0 aliphatic heterocycles. The Bertz CT molecular complexity index is 4150. The molecule has 3 rings (SSSR count). The second-order valence-corrected chi connectivity index (χ2v) is 36.8. The summed E-state index contributed by atoms with van der Waals surface area (Å²) in [4.78, 5) is 232. The first kappa shape index (κ1) is 118. The molecular weight excluding hydrogens is 1730 g/mol. The highest BCUT2D eigenvalue weighted by atomic mass is 16.2. The summed E-state index contributed by atoms with van der Waals surface area (Å²) in [7, 11) is 0. The van der Waals surface area contributed by atoms with Gasteiger partial charge in [-0.3, -0.25) is 76.7 Å². The van der Waals surface area contributed by atoms with E-state index in [0.29, 0.717) is 121 Å². The molecular formula is C95H164N24O16. The molecule has 760 valence electrons. The number of unbranched alkanes of at least 4 members (excludes halogenated alkanes) is 7. The summed E-state index contributed by atoms with van der Waals surface area (Å²) in [6.45, 7) is 20.2. The van der Waals surface area contributed by atoms with E-state index in [1.807, 2.05) is 65.8 Å². The van der Waals surface area contributed by atoms with Crippen LogP contribution in [0.3, 0.4) is 0 Å². The number of nitrogens with two attached hydrogens (primary N) is 8. The van der Waals surface area contributed by atoms with Gasteiger partial charge >= 0.3 is 0 Å². The topological polar surface area (TPSA) is 678 Å². The summed E-state index contributed by atoms with van der Waals surface area (Å²) in [6.07, 6.45) is 8.66. The largest absolute Gasteiger partial charge is 0.368 e.